The van der Waals surface area contributed by atoms with Gasteiger partial charge in [0, 0.05) is 12.1 Å². The molecule has 108 valence electrons. The van der Waals surface area contributed by atoms with E-state index in [1.165, 1.54) is 12.1 Å². The zero-order valence-electron chi connectivity index (χ0n) is 11.4. The monoisotopic (exact) mass is 347 g/mol. The minimum absolute atomic E-state index is 0.0110. The predicted molar refractivity (Wildman–Crippen MR) is 84.3 cm³/mol. The maximum absolute atomic E-state index is 13.0. The maximum Gasteiger partial charge on any atom is 0.251 e. The van der Waals surface area contributed by atoms with Gasteiger partial charge < -0.3 is 5.32 Å². The third kappa shape index (κ3) is 3.00. The first kappa shape index (κ1) is 14.3. The van der Waals surface area contributed by atoms with E-state index in [0.717, 1.165) is 41.6 Å². The number of fused-ring (bicyclic) bond motifs is 1. The van der Waals surface area contributed by atoms with Crippen LogP contribution in [0.2, 0.25) is 0 Å². The molecule has 0 aliphatic carbocycles. The van der Waals surface area contributed by atoms with E-state index in [1.807, 2.05) is 18.2 Å². The number of alkyl halides is 1. The van der Waals surface area contributed by atoms with Crippen LogP contribution in [0.4, 0.5) is 4.39 Å². The summed E-state index contributed by atoms with van der Waals surface area (Å²) in [5, 5.41) is 2.91. The molecule has 0 spiro atoms. The molecular formula is C17H15BrFNO. The van der Waals surface area contributed by atoms with Crippen LogP contribution in [0, 0.1) is 5.82 Å². The van der Waals surface area contributed by atoms with E-state index in [4.69, 9.17) is 0 Å². The molecule has 0 saturated carbocycles. The highest BCUT2D eigenvalue weighted by atomic mass is 79.9. The summed E-state index contributed by atoms with van der Waals surface area (Å²) in [5.74, 6) is -0.261. The van der Waals surface area contributed by atoms with E-state index in [-0.39, 0.29) is 16.6 Å². The van der Waals surface area contributed by atoms with Gasteiger partial charge in [-0.05, 0) is 47.7 Å². The Morgan fingerprint density at radius 2 is 1.81 bits per heavy atom. The molecule has 2 nitrogen and oxygen atoms in total. The van der Waals surface area contributed by atoms with Crippen LogP contribution >= 0.6 is 15.9 Å². The van der Waals surface area contributed by atoms with Crippen LogP contribution in [0.25, 0.3) is 0 Å². The summed E-state index contributed by atoms with van der Waals surface area (Å²) in [6.45, 7) is 0.721. The largest absolute Gasteiger partial charge is 0.352 e. The number of hydrogen-bond acceptors (Lipinski definition) is 1. The third-order valence-electron chi connectivity index (χ3n) is 3.74. The fourth-order valence-electron chi connectivity index (χ4n) is 2.58. The van der Waals surface area contributed by atoms with Crippen LogP contribution in [0.5, 0.6) is 0 Å². The van der Waals surface area contributed by atoms with Crippen molar-refractivity contribution >= 4 is 21.8 Å². The molecule has 4 heteroatoms. The fraction of sp³-hybridized carbons (Fsp3) is 0.235. The van der Waals surface area contributed by atoms with Crippen LogP contribution in [0.3, 0.4) is 0 Å². The molecule has 2 aromatic rings. The van der Waals surface area contributed by atoms with Crippen molar-refractivity contribution in [2.24, 2.45) is 0 Å². The highest BCUT2D eigenvalue weighted by Crippen LogP contribution is 2.32. The van der Waals surface area contributed by atoms with Gasteiger partial charge in [-0.2, -0.15) is 0 Å². The Hall–Kier alpha value is -1.68. The first-order valence-corrected chi connectivity index (χ1v) is 7.87. The summed E-state index contributed by atoms with van der Waals surface area (Å²) >= 11 is 3.63. The summed E-state index contributed by atoms with van der Waals surface area (Å²) in [6, 6.07) is 12.4. The lowest BCUT2D eigenvalue weighted by atomic mass is 9.97. The van der Waals surface area contributed by atoms with E-state index in [1.54, 1.807) is 12.1 Å². The fourth-order valence-corrected chi connectivity index (χ4v) is 3.17. The first-order chi connectivity index (χ1) is 10.1. The lowest BCUT2D eigenvalue weighted by Crippen LogP contribution is -2.22. The molecule has 0 saturated heterocycles. The standard InChI is InChI=1S/C17H15BrFNO/c18-16(12-5-7-14(19)8-6-12)13-4-3-11-2-1-9-20-17(21)15(11)10-13/h3-8,10,16H,1-2,9H2,(H,20,21). The van der Waals surface area contributed by atoms with Crippen molar-refractivity contribution in [1.29, 1.82) is 0 Å². The summed E-state index contributed by atoms with van der Waals surface area (Å²) < 4.78 is 13.0. The zero-order valence-corrected chi connectivity index (χ0v) is 13.0. The summed E-state index contributed by atoms with van der Waals surface area (Å²) in [6.07, 6.45) is 1.88. The molecule has 1 N–H and O–H groups in total. The van der Waals surface area contributed by atoms with Crippen LogP contribution in [-0.2, 0) is 6.42 Å². The predicted octanol–water partition coefficient (Wildman–Crippen LogP) is 3.99. The normalized spacial score (nSPS) is 15.8. The van der Waals surface area contributed by atoms with E-state index in [9.17, 15) is 9.18 Å². The van der Waals surface area contributed by atoms with Gasteiger partial charge in [0.05, 0.1) is 4.83 Å². The molecule has 0 fully saturated rings. The van der Waals surface area contributed by atoms with Gasteiger partial charge >= 0.3 is 0 Å². The zero-order chi connectivity index (χ0) is 14.8. The summed E-state index contributed by atoms with van der Waals surface area (Å²) in [5.41, 5.74) is 3.80. The Kier molecular flexibility index (Phi) is 4.06. The smallest absolute Gasteiger partial charge is 0.251 e. The number of carbonyl (C=O) groups excluding carboxylic acids is 1. The second-order valence-corrected chi connectivity index (χ2v) is 6.11. The van der Waals surface area contributed by atoms with Gasteiger partial charge in [-0.15, -0.1) is 0 Å². The molecule has 1 unspecified atom stereocenters. The van der Waals surface area contributed by atoms with Crippen molar-refractivity contribution in [1.82, 2.24) is 5.32 Å². The minimum Gasteiger partial charge on any atom is -0.352 e. The summed E-state index contributed by atoms with van der Waals surface area (Å²) in [4.78, 5) is 12.0. The summed E-state index contributed by atoms with van der Waals surface area (Å²) in [7, 11) is 0. The molecule has 1 aliphatic heterocycles. The van der Waals surface area contributed by atoms with E-state index in [0.29, 0.717) is 0 Å². The van der Waals surface area contributed by atoms with Gasteiger partial charge in [-0.3, -0.25) is 4.79 Å². The van der Waals surface area contributed by atoms with Crippen LogP contribution in [0.1, 0.15) is 38.3 Å². The number of rotatable bonds is 2. The molecule has 1 aliphatic rings. The van der Waals surface area contributed by atoms with Crippen molar-refractivity contribution in [3.05, 3.63) is 70.5 Å². The van der Waals surface area contributed by atoms with Crippen LogP contribution < -0.4 is 5.32 Å². The minimum atomic E-state index is -0.250. The van der Waals surface area contributed by atoms with Crippen molar-refractivity contribution in [2.45, 2.75) is 17.7 Å². The van der Waals surface area contributed by atoms with Gasteiger partial charge in [0.2, 0.25) is 0 Å². The number of nitrogens with one attached hydrogen (secondary N) is 1. The quantitative estimate of drug-likeness (QED) is 0.817. The SMILES string of the molecule is O=C1NCCCc2ccc(C(Br)c3ccc(F)cc3)cc21. The molecule has 1 atom stereocenters. The van der Waals surface area contributed by atoms with Crippen molar-refractivity contribution < 1.29 is 9.18 Å². The first-order valence-electron chi connectivity index (χ1n) is 6.96. The number of carbonyl (C=O) groups is 1. The molecule has 21 heavy (non-hydrogen) atoms. The third-order valence-corrected chi connectivity index (χ3v) is 4.80. The van der Waals surface area contributed by atoms with Gasteiger partial charge in [-0.25, -0.2) is 4.39 Å². The van der Waals surface area contributed by atoms with Crippen LogP contribution in [-0.4, -0.2) is 12.5 Å². The van der Waals surface area contributed by atoms with Gasteiger partial charge in [-0.1, -0.05) is 40.2 Å². The lowest BCUT2D eigenvalue weighted by Gasteiger charge is -2.13. The number of amides is 1. The lowest BCUT2D eigenvalue weighted by molar-refractivity contribution is 0.0956. The van der Waals surface area contributed by atoms with Gasteiger partial charge in [0.15, 0.2) is 0 Å². The Morgan fingerprint density at radius 1 is 1.10 bits per heavy atom. The molecular weight excluding hydrogens is 333 g/mol. The molecule has 0 bridgehead atoms. The number of benzene rings is 2. The molecule has 0 aromatic heterocycles. The molecule has 2 aromatic carbocycles. The molecule has 3 rings (SSSR count). The highest BCUT2D eigenvalue weighted by molar-refractivity contribution is 9.09. The van der Waals surface area contributed by atoms with E-state index >= 15 is 0 Å². The Labute approximate surface area is 131 Å². The van der Waals surface area contributed by atoms with Crippen molar-refractivity contribution in [3.63, 3.8) is 0 Å². The second-order valence-electron chi connectivity index (χ2n) is 5.19. The number of hydrogen-bond donors (Lipinski definition) is 1. The number of aryl methyl sites for hydroxylation is 1. The molecule has 0 radical (unpaired) electrons. The Morgan fingerprint density at radius 3 is 2.57 bits per heavy atom. The number of halogens is 2. The maximum atomic E-state index is 13.0. The average molecular weight is 348 g/mol. The average Bonchev–Trinajstić information content (AvgIpc) is 2.69. The van der Waals surface area contributed by atoms with E-state index in [2.05, 4.69) is 21.2 Å². The van der Waals surface area contributed by atoms with E-state index < -0.39 is 0 Å². The van der Waals surface area contributed by atoms with Gasteiger partial charge in [0.1, 0.15) is 5.82 Å². The van der Waals surface area contributed by atoms with Crippen molar-refractivity contribution in [2.75, 3.05) is 6.54 Å². The van der Waals surface area contributed by atoms with Crippen LogP contribution in [0.15, 0.2) is 42.5 Å². The van der Waals surface area contributed by atoms with Gasteiger partial charge in [0.25, 0.3) is 5.91 Å². The second kappa shape index (κ2) is 5.98. The topological polar surface area (TPSA) is 29.1 Å². The Bertz CT molecular complexity index is 669. The molecule has 1 amide bonds. The van der Waals surface area contributed by atoms with Crippen molar-refractivity contribution in [3.8, 4) is 0 Å². The molecule has 1 heterocycles. The highest BCUT2D eigenvalue weighted by Gasteiger charge is 2.18. The Balaban J connectivity index is 1.96.